The first kappa shape index (κ1) is 17.3. The Hall–Kier alpha value is -2.54. The number of amides is 2. The molecule has 3 N–H and O–H groups in total. The summed E-state index contributed by atoms with van der Waals surface area (Å²) in [4.78, 5) is 28.7. The predicted octanol–water partition coefficient (Wildman–Crippen LogP) is 2.63. The maximum absolute atomic E-state index is 11.9. The van der Waals surface area contributed by atoms with E-state index in [0.29, 0.717) is 5.69 Å². The van der Waals surface area contributed by atoms with Crippen LogP contribution in [0.5, 0.6) is 0 Å². The first-order valence-corrected chi connectivity index (χ1v) is 8.78. The van der Waals surface area contributed by atoms with Gasteiger partial charge >= 0.3 is 0 Å². The number of hydrazine groups is 1. The molecule has 2 aromatic rings. The van der Waals surface area contributed by atoms with E-state index < -0.39 is 11.8 Å². The SMILES string of the molecule is CN1CCCc2cc(/C=C/C(=O)NNC(=O)c3cc(Br)c[nH]3)ccc21. The Labute approximate surface area is 154 Å². The van der Waals surface area contributed by atoms with Crippen LogP contribution >= 0.6 is 15.9 Å². The molecule has 1 aliphatic rings. The van der Waals surface area contributed by atoms with E-state index in [2.05, 4.69) is 55.8 Å². The van der Waals surface area contributed by atoms with E-state index in [4.69, 9.17) is 0 Å². The Kier molecular flexibility index (Phi) is 5.23. The molecule has 25 heavy (non-hydrogen) atoms. The normalized spacial score (nSPS) is 13.6. The molecule has 7 heteroatoms. The van der Waals surface area contributed by atoms with Gasteiger partial charge in [-0.1, -0.05) is 6.07 Å². The lowest BCUT2D eigenvalue weighted by Gasteiger charge is -2.27. The lowest BCUT2D eigenvalue weighted by molar-refractivity contribution is -0.117. The molecule has 0 fully saturated rings. The standard InChI is InChI=1S/C18H19BrN4O2/c1-23-8-2-3-13-9-12(4-6-16(13)23)5-7-17(24)21-22-18(25)15-10-14(19)11-20-15/h4-7,9-11,20H,2-3,8H2,1H3,(H,21,24)(H,22,25)/b7-5+. The molecule has 0 radical (unpaired) electrons. The third-order valence-corrected chi connectivity index (χ3v) is 4.53. The molecular formula is C18H19BrN4O2. The molecule has 6 nitrogen and oxygen atoms in total. The fraction of sp³-hybridized carbons (Fsp3) is 0.222. The van der Waals surface area contributed by atoms with Crippen molar-refractivity contribution in [2.45, 2.75) is 12.8 Å². The van der Waals surface area contributed by atoms with Crippen LogP contribution < -0.4 is 15.8 Å². The molecule has 0 saturated heterocycles. The number of fused-ring (bicyclic) bond motifs is 1. The monoisotopic (exact) mass is 402 g/mol. The summed E-state index contributed by atoms with van der Waals surface area (Å²) in [5.74, 6) is -0.807. The van der Waals surface area contributed by atoms with Gasteiger partial charge in [-0.25, -0.2) is 0 Å². The molecule has 0 saturated carbocycles. The number of rotatable bonds is 3. The van der Waals surface area contributed by atoms with Crippen LogP contribution in [-0.2, 0) is 11.2 Å². The minimum absolute atomic E-state index is 0.356. The fourth-order valence-corrected chi connectivity index (χ4v) is 3.15. The van der Waals surface area contributed by atoms with E-state index in [0.717, 1.165) is 29.4 Å². The topological polar surface area (TPSA) is 77.2 Å². The zero-order valence-corrected chi connectivity index (χ0v) is 15.4. The van der Waals surface area contributed by atoms with Crippen LogP contribution in [0.2, 0.25) is 0 Å². The van der Waals surface area contributed by atoms with Crippen molar-refractivity contribution in [3.8, 4) is 0 Å². The van der Waals surface area contributed by atoms with Crippen LogP contribution in [0.4, 0.5) is 5.69 Å². The third kappa shape index (κ3) is 4.30. The van der Waals surface area contributed by atoms with Gasteiger partial charge < -0.3 is 9.88 Å². The predicted molar refractivity (Wildman–Crippen MR) is 101 cm³/mol. The highest BCUT2D eigenvalue weighted by Crippen LogP contribution is 2.27. The Bertz CT molecular complexity index is 828. The number of carbonyl (C=O) groups excluding carboxylic acids is 2. The lowest BCUT2D eigenvalue weighted by Crippen LogP contribution is -2.40. The van der Waals surface area contributed by atoms with Crippen molar-refractivity contribution in [2.75, 3.05) is 18.5 Å². The Morgan fingerprint density at radius 1 is 1.28 bits per heavy atom. The molecule has 0 atom stereocenters. The second-order valence-electron chi connectivity index (χ2n) is 5.92. The number of benzene rings is 1. The Morgan fingerprint density at radius 2 is 2.12 bits per heavy atom. The van der Waals surface area contributed by atoms with Crippen molar-refractivity contribution in [2.24, 2.45) is 0 Å². The van der Waals surface area contributed by atoms with E-state index in [9.17, 15) is 9.59 Å². The molecule has 1 aromatic heterocycles. The second-order valence-corrected chi connectivity index (χ2v) is 6.84. The number of aromatic nitrogens is 1. The minimum Gasteiger partial charge on any atom is -0.374 e. The molecule has 0 aliphatic carbocycles. The van der Waals surface area contributed by atoms with Crippen LogP contribution in [0.15, 0.2) is 41.0 Å². The maximum atomic E-state index is 11.9. The first-order chi connectivity index (χ1) is 12.0. The van der Waals surface area contributed by atoms with Crippen LogP contribution in [0.1, 0.15) is 28.0 Å². The number of hydrogen-bond acceptors (Lipinski definition) is 3. The summed E-state index contributed by atoms with van der Waals surface area (Å²) in [5, 5.41) is 0. The molecule has 0 bridgehead atoms. The Balaban J connectivity index is 1.56. The van der Waals surface area contributed by atoms with Crippen LogP contribution in [0.3, 0.4) is 0 Å². The van der Waals surface area contributed by atoms with Crippen molar-refractivity contribution in [3.05, 3.63) is 57.8 Å². The number of hydrogen-bond donors (Lipinski definition) is 3. The molecule has 1 aliphatic heterocycles. The summed E-state index contributed by atoms with van der Waals surface area (Å²) in [6.07, 6.45) is 6.97. The zero-order chi connectivity index (χ0) is 17.8. The molecule has 0 unspecified atom stereocenters. The second kappa shape index (κ2) is 7.57. The van der Waals surface area contributed by atoms with Gasteiger partial charge in [0.05, 0.1) is 0 Å². The lowest BCUT2D eigenvalue weighted by atomic mass is 9.99. The van der Waals surface area contributed by atoms with Crippen LogP contribution in [-0.4, -0.2) is 30.4 Å². The smallest absolute Gasteiger partial charge is 0.286 e. The molecule has 2 heterocycles. The number of anilines is 1. The van der Waals surface area contributed by atoms with Gasteiger partial charge in [-0.05, 0) is 64.2 Å². The van der Waals surface area contributed by atoms with E-state index in [-0.39, 0.29) is 0 Å². The highest BCUT2D eigenvalue weighted by molar-refractivity contribution is 9.10. The van der Waals surface area contributed by atoms with Crippen molar-refractivity contribution in [3.63, 3.8) is 0 Å². The van der Waals surface area contributed by atoms with Gasteiger partial charge in [0, 0.05) is 36.0 Å². The van der Waals surface area contributed by atoms with E-state index in [1.165, 1.54) is 17.3 Å². The number of halogens is 1. The van der Waals surface area contributed by atoms with Gasteiger partial charge in [-0.3, -0.25) is 20.4 Å². The quantitative estimate of drug-likeness (QED) is 0.545. The Morgan fingerprint density at radius 3 is 2.88 bits per heavy atom. The van der Waals surface area contributed by atoms with Crippen LogP contribution in [0, 0.1) is 0 Å². The molecular weight excluding hydrogens is 384 g/mol. The van der Waals surface area contributed by atoms with Gasteiger partial charge in [0.15, 0.2) is 0 Å². The number of carbonyl (C=O) groups is 2. The average molecular weight is 403 g/mol. The van der Waals surface area contributed by atoms with Gasteiger partial charge in [-0.2, -0.15) is 0 Å². The number of aryl methyl sites for hydroxylation is 1. The van der Waals surface area contributed by atoms with E-state index >= 15 is 0 Å². The van der Waals surface area contributed by atoms with Crippen molar-refractivity contribution < 1.29 is 9.59 Å². The highest BCUT2D eigenvalue weighted by Gasteiger charge is 2.13. The highest BCUT2D eigenvalue weighted by atomic mass is 79.9. The molecule has 3 rings (SSSR count). The van der Waals surface area contributed by atoms with Gasteiger partial charge in [-0.15, -0.1) is 0 Å². The zero-order valence-electron chi connectivity index (χ0n) is 13.8. The van der Waals surface area contributed by atoms with Gasteiger partial charge in [0.2, 0.25) is 0 Å². The average Bonchev–Trinajstić information content (AvgIpc) is 3.04. The summed E-state index contributed by atoms with van der Waals surface area (Å²) in [7, 11) is 2.09. The molecule has 0 spiro atoms. The van der Waals surface area contributed by atoms with Gasteiger partial charge in [0.25, 0.3) is 11.8 Å². The van der Waals surface area contributed by atoms with Crippen molar-refractivity contribution >= 4 is 39.5 Å². The van der Waals surface area contributed by atoms with Crippen molar-refractivity contribution in [1.29, 1.82) is 0 Å². The van der Waals surface area contributed by atoms with E-state index in [1.807, 2.05) is 6.07 Å². The largest absolute Gasteiger partial charge is 0.374 e. The molecule has 1 aromatic carbocycles. The van der Waals surface area contributed by atoms with Crippen LogP contribution in [0.25, 0.3) is 6.08 Å². The maximum Gasteiger partial charge on any atom is 0.286 e. The summed E-state index contributed by atoms with van der Waals surface area (Å²) in [5.41, 5.74) is 8.58. The molecule has 130 valence electrons. The van der Waals surface area contributed by atoms with Gasteiger partial charge in [0.1, 0.15) is 5.69 Å². The van der Waals surface area contributed by atoms with E-state index in [1.54, 1.807) is 18.3 Å². The number of nitrogens with zero attached hydrogens (tertiary/aromatic N) is 1. The third-order valence-electron chi connectivity index (χ3n) is 4.07. The minimum atomic E-state index is -0.413. The summed E-state index contributed by atoms with van der Waals surface area (Å²) < 4.78 is 0.766. The molecule has 2 amide bonds. The summed E-state index contributed by atoms with van der Waals surface area (Å²) >= 11 is 3.25. The number of aromatic amines is 1. The van der Waals surface area contributed by atoms with Crippen molar-refractivity contribution in [1.82, 2.24) is 15.8 Å². The number of H-pyrrole nitrogens is 1. The summed E-state index contributed by atoms with van der Waals surface area (Å²) in [6, 6.07) is 7.79. The first-order valence-electron chi connectivity index (χ1n) is 7.99. The summed E-state index contributed by atoms with van der Waals surface area (Å²) in [6.45, 7) is 1.07. The number of nitrogens with one attached hydrogen (secondary N) is 3. The fourth-order valence-electron chi connectivity index (χ4n) is 2.81.